The first-order valence-corrected chi connectivity index (χ1v) is 22.2. The summed E-state index contributed by atoms with van der Waals surface area (Å²) < 4.78 is 18.6. The van der Waals surface area contributed by atoms with E-state index in [0.717, 1.165) is 83.5 Å². The van der Waals surface area contributed by atoms with Gasteiger partial charge in [-0.25, -0.2) is 0 Å². The Kier molecular flexibility index (Phi) is 8.32. The minimum Gasteiger partial charge on any atom is -0.456 e. The highest BCUT2D eigenvalue weighted by molar-refractivity contribution is 7.00. The Morgan fingerprint density at radius 1 is 0.406 bits per heavy atom. The lowest BCUT2D eigenvalue weighted by Gasteiger charge is -2.26. The van der Waals surface area contributed by atoms with Gasteiger partial charge in [0.1, 0.15) is 22.2 Å². The fourth-order valence-electron chi connectivity index (χ4n) is 9.62. The molecule has 64 heavy (non-hydrogen) atoms. The van der Waals surface area contributed by atoms with E-state index in [4.69, 9.17) is 13.2 Å². The Balaban J connectivity index is 0.902. The summed E-state index contributed by atoms with van der Waals surface area (Å²) in [6, 6.07) is 77.9. The van der Waals surface area contributed by atoms with Gasteiger partial charge in [0.15, 0.2) is 0 Å². The van der Waals surface area contributed by atoms with Gasteiger partial charge in [0, 0.05) is 49.6 Å². The van der Waals surface area contributed by atoms with Crippen molar-refractivity contribution in [2.45, 2.75) is 0 Å². The highest BCUT2D eigenvalue weighted by atomic mass is 32.1. The molecule has 5 nitrogen and oxygen atoms in total. The van der Waals surface area contributed by atoms with Crippen molar-refractivity contribution in [1.29, 1.82) is 0 Å². The van der Waals surface area contributed by atoms with E-state index in [-0.39, 0.29) is 0 Å². The molecule has 0 atom stereocenters. The molecule has 0 N–H and O–H groups in total. The number of hydrogen-bond acceptors (Lipinski definition) is 5. The first kappa shape index (κ1) is 36.3. The molecule has 6 heteroatoms. The normalized spacial score (nSPS) is 11.8. The summed E-state index contributed by atoms with van der Waals surface area (Å²) in [6.07, 6.45) is 0. The topological polar surface area (TPSA) is 47.1 Å². The standard InChI is InChI=1S/C58H36N4OS/c1-2-10-37(11-3-1)38-18-26-43(27-19-38)61(44-28-20-39(21-29-44)42-25-32-50-49-15-7-9-17-54(49)63-55(50)36-42)53-35-34-46(56-57(53)60-64-59-56)41-22-30-45(31-23-41)62-52-16-8-6-14-48(52)51-33-24-40-12-4-5-13-47(40)58(51)62/h1-36H. The first-order chi connectivity index (χ1) is 31.7. The van der Waals surface area contributed by atoms with Crippen LogP contribution in [0.15, 0.2) is 223 Å². The minimum atomic E-state index is 0.854. The third-order valence-electron chi connectivity index (χ3n) is 12.7. The second kappa shape index (κ2) is 14.7. The smallest absolute Gasteiger partial charge is 0.136 e. The number of fused-ring (bicyclic) bond motifs is 9. The lowest BCUT2D eigenvalue weighted by Crippen LogP contribution is -2.10. The zero-order valence-electron chi connectivity index (χ0n) is 34.4. The number of nitrogens with zero attached hydrogens (tertiary/aromatic N) is 4. The van der Waals surface area contributed by atoms with E-state index in [1.165, 1.54) is 49.9 Å². The Morgan fingerprint density at radius 3 is 1.80 bits per heavy atom. The van der Waals surface area contributed by atoms with Crippen molar-refractivity contribution >= 4 is 94.3 Å². The summed E-state index contributed by atoms with van der Waals surface area (Å²) in [4.78, 5) is 2.30. The van der Waals surface area contributed by atoms with Crippen LogP contribution in [0.3, 0.4) is 0 Å². The number of hydrogen-bond donors (Lipinski definition) is 0. The monoisotopic (exact) mass is 836 g/mol. The molecule has 0 aliphatic heterocycles. The number of furan rings is 1. The highest BCUT2D eigenvalue weighted by Gasteiger charge is 2.21. The van der Waals surface area contributed by atoms with Gasteiger partial charge in [0.2, 0.25) is 0 Å². The molecule has 10 aromatic carbocycles. The van der Waals surface area contributed by atoms with Crippen LogP contribution in [0.2, 0.25) is 0 Å². The van der Waals surface area contributed by atoms with E-state index >= 15 is 0 Å². The van der Waals surface area contributed by atoms with Gasteiger partial charge in [-0.05, 0) is 106 Å². The van der Waals surface area contributed by atoms with Crippen LogP contribution < -0.4 is 4.90 Å². The lowest BCUT2D eigenvalue weighted by atomic mass is 10.0. The Morgan fingerprint density at radius 2 is 1.00 bits per heavy atom. The van der Waals surface area contributed by atoms with Crippen LogP contribution in [-0.2, 0) is 0 Å². The van der Waals surface area contributed by atoms with Crippen LogP contribution in [0, 0.1) is 0 Å². The maximum atomic E-state index is 6.25. The van der Waals surface area contributed by atoms with E-state index in [1.807, 2.05) is 12.1 Å². The molecule has 0 radical (unpaired) electrons. The third kappa shape index (κ3) is 5.84. The van der Waals surface area contributed by atoms with Gasteiger partial charge in [0.05, 0.1) is 28.4 Å². The predicted octanol–water partition coefficient (Wildman–Crippen LogP) is 16.3. The average molecular weight is 837 g/mol. The number of aromatic nitrogens is 3. The van der Waals surface area contributed by atoms with Crippen molar-refractivity contribution in [1.82, 2.24) is 13.3 Å². The van der Waals surface area contributed by atoms with Gasteiger partial charge in [0.25, 0.3) is 0 Å². The van der Waals surface area contributed by atoms with E-state index in [2.05, 4.69) is 216 Å². The van der Waals surface area contributed by atoms with E-state index in [1.54, 1.807) is 0 Å². The van der Waals surface area contributed by atoms with E-state index < -0.39 is 0 Å². The summed E-state index contributed by atoms with van der Waals surface area (Å²) in [6.45, 7) is 0. The Labute approximate surface area is 372 Å². The zero-order chi connectivity index (χ0) is 42.1. The molecule has 3 heterocycles. The zero-order valence-corrected chi connectivity index (χ0v) is 35.2. The van der Waals surface area contributed by atoms with Gasteiger partial charge < -0.3 is 13.9 Å². The molecule has 0 saturated heterocycles. The van der Waals surface area contributed by atoms with Crippen LogP contribution in [0.1, 0.15) is 0 Å². The molecule has 0 spiro atoms. The average Bonchev–Trinajstić information content (AvgIpc) is 4.10. The molecule has 0 bridgehead atoms. The quantitative estimate of drug-likeness (QED) is 0.160. The number of benzene rings is 10. The Bertz CT molecular complexity index is 3890. The number of rotatable bonds is 7. The summed E-state index contributed by atoms with van der Waals surface area (Å²) in [5.41, 5.74) is 16.7. The third-order valence-corrected chi connectivity index (χ3v) is 13.2. The van der Waals surface area contributed by atoms with Crippen LogP contribution in [0.4, 0.5) is 17.1 Å². The van der Waals surface area contributed by atoms with Gasteiger partial charge in [-0.3, -0.25) is 0 Å². The molecule has 0 unspecified atom stereocenters. The molecule has 13 aromatic rings. The van der Waals surface area contributed by atoms with Crippen molar-refractivity contribution in [2.24, 2.45) is 0 Å². The van der Waals surface area contributed by atoms with Crippen molar-refractivity contribution in [3.63, 3.8) is 0 Å². The van der Waals surface area contributed by atoms with Gasteiger partial charge >= 0.3 is 0 Å². The van der Waals surface area contributed by atoms with Gasteiger partial charge in [-0.1, -0.05) is 146 Å². The summed E-state index contributed by atoms with van der Waals surface area (Å²) in [7, 11) is 0. The van der Waals surface area contributed by atoms with Gasteiger partial charge in [-0.2, -0.15) is 8.75 Å². The van der Waals surface area contributed by atoms with Crippen molar-refractivity contribution in [3.05, 3.63) is 218 Å². The summed E-state index contributed by atoms with van der Waals surface area (Å²) in [5, 5.41) is 7.22. The molecular formula is C58H36N4OS. The largest absolute Gasteiger partial charge is 0.456 e. The summed E-state index contributed by atoms with van der Waals surface area (Å²) in [5.74, 6) is 0. The minimum absolute atomic E-state index is 0.854. The number of anilines is 3. The van der Waals surface area contributed by atoms with Crippen molar-refractivity contribution in [3.8, 4) is 39.1 Å². The second-order valence-electron chi connectivity index (χ2n) is 16.3. The first-order valence-electron chi connectivity index (χ1n) is 21.5. The molecule has 300 valence electrons. The van der Waals surface area contributed by atoms with Crippen LogP contribution in [0.25, 0.3) is 105 Å². The van der Waals surface area contributed by atoms with Crippen LogP contribution >= 0.6 is 11.7 Å². The molecule has 0 aliphatic rings. The molecule has 0 saturated carbocycles. The Hall–Kier alpha value is -8.32. The number of para-hydroxylation sites is 2. The maximum Gasteiger partial charge on any atom is 0.136 e. The highest BCUT2D eigenvalue weighted by Crippen LogP contribution is 2.43. The molecule has 0 fully saturated rings. The predicted molar refractivity (Wildman–Crippen MR) is 268 cm³/mol. The lowest BCUT2D eigenvalue weighted by molar-refractivity contribution is 0.669. The molecule has 13 rings (SSSR count). The molecule has 3 aromatic heterocycles. The summed E-state index contributed by atoms with van der Waals surface area (Å²) >= 11 is 1.25. The van der Waals surface area contributed by atoms with Gasteiger partial charge in [-0.15, -0.1) is 0 Å². The molecule has 0 aliphatic carbocycles. The van der Waals surface area contributed by atoms with Crippen molar-refractivity contribution < 1.29 is 4.42 Å². The SMILES string of the molecule is c1ccc(-c2ccc(N(c3ccc(-c4ccc5c(c4)oc4ccccc45)cc3)c3ccc(-c4ccc(-n5c6ccccc6c6ccc7ccccc7c65)cc4)c4nsnc34)cc2)cc1. The van der Waals surface area contributed by atoms with E-state index in [9.17, 15) is 0 Å². The maximum absolute atomic E-state index is 6.25. The van der Waals surface area contributed by atoms with Crippen LogP contribution in [-0.4, -0.2) is 13.3 Å². The fourth-order valence-corrected chi connectivity index (χ4v) is 10.2. The van der Waals surface area contributed by atoms with Crippen LogP contribution in [0.5, 0.6) is 0 Å². The van der Waals surface area contributed by atoms with E-state index in [0.29, 0.717) is 0 Å². The molecular weight excluding hydrogens is 801 g/mol. The second-order valence-corrected chi connectivity index (χ2v) is 16.8. The fraction of sp³-hybridized carbons (Fsp3) is 0. The van der Waals surface area contributed by atoms with Crippen molar-refractivity contribution in [2.75, 3.05) is 4.90 Å². The molecule has 0 amide bonds.